The van der Waals surface area contributed by atoms with Crippen LogP contribution in [0.5, 0.6) is 0 Å². The van der Waals surface area contributed by atoms with Crippen molar-refractivity contribution in [2.45, 2.75) is 32.5 Å². The molecule has 0 N–H and O–H groups in total. The topological polar surface area (TPSA) is 29.5 Å². The van der Waals surface area contributed by atoms with E-state index in [2.05, 4.69) is 0 Å². The summed E-state index contributed by atoms with van der Waals surface area (Å²) in [6.45, 7) is 7.08. The third-order valence-corrected chi connectivity index (χ3v) is 3.24. The van der Waals surface area contributed by atoms with Crippen LogP contribution in [0.1, 0.15) is 31.1 Å². The Kier molecular flexibility index (Phi) is 4.20. The maximum Gasteiger partial charge on any atom is 0.179 e. The first kappa shape index (κ1) is 15.1. The third kappa shape index (κ3) is 3.61. The van der Waals surface area contributed by atoms with Gasteiger partial charge < -0.3 is 4.74 Å². The molecule has 5 heteroatoms. The van der Waals surface area contributed by atoms with Gasteiger partial charge in [-0.15, -0.1) is 0 Å². The highest BCUT2D eigenvalue weighted by atomic mass is 19.1. The molecular formula is C15H19F2NO2. The fourth-order valence-corrected chi connectivity index (χ4v) is 2.71. The Morgan fingerprint density at radius 1 is 1.45 bits per heavy atom. The first-order chi connectivity index (χ1) is 9.27. The molecule has 1 unspecified atom stereocenters. The number of carbonyl (C=O) groups excluding carboxylic acids is 1. The number of carbonyl (C=O) groups is 1. The molecule has 3 nitrogen and oxygen atoms in total. The zero-order valence-electron chi connectivity index (χ0n) is 12.0. The van der Waals surface area contributed by atoms with E-state index in [0.29, 0.717) is 13.1 Å². The third-order valence-electron chi connectivity index (χ3n) is 3.24. The number of ether oxygens (including phenoxy) is 1. The van der Waals surface area contributed by atoms with Crippen molar-refractivity contribution in [1.82, 2.24) is 4.90 Å². The van der Waals surface area contributed by atoms with E-state index in [4.69, 9.17) is 4.74 Å². The van der Waals surface area contributed by atoms with Crippen molar-refractivity contribution < 1.29 is 18.3 Å². The van der Waals surface area contributed by atoms with Crippen LogP contribution in [0.3, 0.4) is 0 Å². The second kappa shape index (κ2) is 5.58. The lowest BCUT2D eigenvalue weighted by atomic mass is 10.0. The molecule has 110 valence electrons. The maximum atomic E-state index is 13.6. The Balaban J connectivity index is 2.09. The molecule has 0 aliphatic carbocycles. The molecule has 1 aliphatic heterocycles. The summed E-state index contributed by atoms with van der Waals surface area (Å²) in [7, 11) is 0. The van der Waals surface area contributed by atoms with Gasteiger partial charge in [0.05, 0.1) is 23.8 Å². The predicted molar refractivity (Wildman–Crippen MR) is 71.8 cm³/mol. The lowest BCUT2D eigenvalue weighted by Gasteiger charge is -2.41. The highest BCUT2D eigenvalue weighted by Gasteiger charge is 2.32. The zero-order valence-corrected chi connectivity index (χ0v) is 12.0. The van der Waals surface area contributed by atoms with E-state index in [1.54, 1.807) is 0 Å². The van der Waals surface area contributed by atoms with Crippen LogP contribution < -0.4 is 0 Å². The first-order valence-corrected chi connectivity index (χ1v) is 6.65. The summed E-state index contributed by atoms with van der Waals surface area (Å²) < 4.78 is 32.4. The van der Waals surface area contributed by atoms with Gasteiger partial charge in [0.25, 0.3) is 0 Å². The number of rotatable bonds is 3. The van der Waals surface area contributed by atoms with Gasteiger partial charge in [-0.25, -0.2) is 8.78 Å². The predicted octanol–water partition coefficient (Wildman–Crippen LogP) is 2.65. The summed E-state index contributed by atoms with van der Waals surface area (Å²) in [4.78, 5) is 14.0. The second-order valence-electron chi connectivity index (χ2n) is 5.91. The summed E-state index contributed by atoms with van der Waals surface area (Å²) in [5, 5.41) is 0. The van der Waals surface area contributed by atoms with Gasteiger partial charge in [0.1, 0.15) is 11.6 Å². The summed E-state index contributed by atoms with van der Waals surface area (Å²) in [6.07, 6.45) is 0.00362. The monoisotopic (exact) mass is 283 g/mol. The smallest absolute Gasteiger partial charge is 0.179 e. The van der Waals surface area contributed by atoms with E-state index >= 15 is 0 Å². The Morgan fingerprint density at radius 2 is 2.15 bits per heavy atom. The average Bonchev–Trinajstić information content (AvgIpc) is 2.29. The minimum atomic E-state index is -0.683. The minimum Gasteiger partial charge on any atom is -0.370 e. The Hall–Kier alpha value is -1.33. The van der Waals surface area contributed by atoms with E-state index in [-0.39, 0.29) is 23.8 Å². The highest BCUT2D eigenvalue weighted by molar-refractivity contribution is 5.97. The van der Waals surface area contributed by atoms with Gasteiger partial charge in [-0.05, 0) is 39.0 Å². The van der Waals surface area contributed by atoms with Gasteiger partial charge in [0.2, 0.25) is 0 Å². The fourth-order valence-electron chi connectivity index (χ4n) is 2.71. The molecule has 0 spiro atoms. The van der Waals surface area contributed by atoms with Gasteiger partial charge in [-0.1, -0.05) is 0 Å². The Bertz CT molecular complexity index is 517. The maximum absolute atomic E-state index is 13.6. The summed E-state index contributed by atoms with van der Waals surface area (Å²) in [5.41, 5.74) is -0.541. The van der Waals surface area contributed by atoms with Crippen LogP contribution in [-0.4, -0.2) is 42.0 Å². The van der Waals surface area contributed by atoms with Crippen LogP contribution >= 0.6 is 0 Å². The fraction of sp³-hybridized carbons (Fsp3) is 0.533. The van der Waals surface area contributed by atoms with E-state index < -0.39 is 17.4 Å². The molecule has 20 heavy (non-hydrogen) atoms. The van der Waals surface area contributed by atoms with Gasteiger partial charge in [0.15, 0.2) is 5.78 Å². The number of hydrogen-bond donors (Lipinski definition) is 0. The number of hydrogen-bond acceptors (Lipinski definition) is 3. The van der Waals surface area contributed by atoms with Gasteiger partial charge in [-0.3, -0.25) is 9.69 Å². The molecule has 0 bridgehead atoms. The van der Waals surface area contributed by atoms with Crippen molar-refractivity contribution in [3.05, 3.63) is 35.4 Å². The lowest BCUT2D eigenvalue weighted by Crippen LogP contribution is -2.53. The summed E-state index contributed by atoms with van der Waals surface area (Å²) >= 11 is 0. The summed E-state index contributed by atoms with van der Waals surface area (Å²) in [5.74, 6) is -1.70. The molecule has 0 aromatic heterocycles. The van der Waals surface area contributed by atoms with Crippen molar-refractivity contribution >= 4 is 5.78 Å². The van der Waals surface area contributed by atoms with Crippen LogP contribution in [0.2, 0.25) is 0 Å². The lowest BCUT2D eigenvalue weighted by molar-refractivity contribution is -0.126. The Labute approximate surface area is 117 Å². The minimum absolute atomic E-state index is 0.00362. The van der Waals surface area contributed by atoms with E-state index in [0.717, 1.165) is 18.2 Å². The van der Waals surface area contributed by atoms with Crippen molar-refractivity contribution in [2.75, 3.05) is 19.6 Å². The van der Waals surface area contributed by atoms with Crippen LogP contribution in [0, 0.1) is 11.6 Å². The molecule has 1 atom stereocenters. The number of halogens is 2. The molecule has 1 aromatic carbocycles. The SMILES string of the molecule is CC1CN(CC(=O)c2cc(F)ccc2F)CC(C)(C)O1. The van der Waals surface area contributed by atoms with Crippen LogP contribution in [0.4, 0.5) is 8.78 Å². The number of nitrogens with zero attached hydrogens (tertiary/aromatic N) is 1. The Morgan fingerprint density at radius 3 is 2.80 bits per heavy atom. The second-order valence-corrected chi connectivity index (χ2v) is 5.91. The zero-order chi connectivity index (χ0) is 14.9. The molecule has 1 aromatic rings. The largest absolute Gasteiger partial charge is 0.370 e. The van der Waals surface area contributed by atoms with E-state index in [1.807, 2.05) is 25.7 Å². The molecular weight excluding hydrogens is 264 g/mol. The summed E-state index contributed by atoms with van der Waals surface area (Å²) in [6, 6.07) is 2.94. The number of benzene rings is 1. The van der Waals surface area contributed by atoms with Gasteiger partial charge >= 0.3 is 0 Å². The number of ketones is 1. The van der Waals surface area contributed by atoms with Crippen molar-refractivity contribution in [1.29, 1.82) is 0 Å². The highest BCUT2D eigenvalue weighted by Crippen LogP contribution is 2.21. The molecule has 1 aliphatic rings. The van der Waals surface area contributed by atoms with E-state index in [9.17, 15) is 13.6 Å². The molecule has 0 radical (unpaired) electrons. The van der Waals surface area contributed by atoms with Gasteiger partial charge in [0, 0.05) is 13.1 Å². The quantitative estimate of drug-likeness (QED) is 0.799. The molecule has 0 saturated carbocycles. The van der Waals surface area contributed by atoms with Crippen molar-refractivity contribution in [3.8, 4) is 0 Å². The molecule has 1 heterocycles. The standard InChI is InChI=1S/C15H19F2NO2/c1-10-7-18(9-15(2,3)20-10)8-14(19)12-6-11(16)4-5-13(12)17/h4-6,10H,7-9H2,1-3H3. The molecule has 0 amide bonds. The molecule has 1 saturated heterocycles. The number of Topliss-reactive ketones (excluding diaryl/α,β-unsaturated/α-hetero) is 1. The molecule has 1 fully saturated rings. The van der Waals surface area contributed by atoms with Crippen LogP contribution in [0.15, 0.2) is 18.2 Å². The van der Waals surface area contributed by atoms with Crippen molar-refractivity contribution in [3.63, 3.8) is 0 Å². The van der Waals surface area contributed by atoms with Crippen molar-refractivity contribution in [2.24, 2.45) is 0 Å². The van der Waals surface area contributed by atoms with E-state index in [1.165, 1.54) is 0 Å². The van der Waals surface area contributed by atoms with Crippen LogP contribution in [-0.2, 0) is 4.74 Å². The molecule has 2 rings (SSSR count). The number of morpholine rings is 1. The van der Waals surface area contributed by atoms with Gasteiger partial charge in [-0.2, -0.15) is 0 Å². The first-order valence-electron chi connectivity index (χ1n) is 6.65. The van der Waals surface area contributed by atoms with Crippen LogP contribution in [0.25, 0.3) is 0 Å². The normalized spacial score (nSPS) is 22.8. The average molecular weight is 283 g/mol.